The Kier molecular flexibility index (Phi) is 6.32. The van der Waals surface area contributed by atoms with Gasteiger partial charge in [-0.15, -0.1) is 10.2 Å². The zero-order valence-corrected chi connectivity index (χ0v) is 18.9. The predicted octanol–water partition coefficient (Wildman–Crippen LogP) is 5.41. The Bertz CT molecular complexity index is 1330. The van der Waals surface area contributed by atoms with Crippen molar-refractivity contribution in [3.63, 3.8) is 0 Å². The molecular formula is C24H24FN3O3S. The SMILES string of the molecule is CCc1cc2c(CSc3nnc(-c4ccccc4F)n3CC(C)C)cc(=O)oc2cc1O. The van der Waals surface area contributed by atoms with E-state index in [1.54, 1.807) is 18.2 Å². The molecule has 0 saturated carbocycles. The minimum absolute atomic E-state index is 0.110. The van der Waals surface area contributed by atoms with E-state index in [0.29, 0.717) is 46.8 Å². The van der Waals surface area contributed by atoms with Gasteiger partial charge in [-0.05, 0) is 41.7 Å². The summed E-state index contributed by atoms with van der Waals surface area (Å²) >= 11 is 1.43. The summed E-state index contributed by atoms with van der Waals surface area (Å²) in [4.78, 5) is 12.1. The normalized spacial score (nSPS) is 11.5. The Hall–Kier alpha value is -3.13. The summed E-state index contributed by atoms with van der Waals surface area (Å²) in [5, 5.41) is 20.1. The fraction of sp³-hybridized carbons (Fsp3) is 0.292. The predicted molar refractivity (Wildman–Crippen MR) is 123 cm³/mol. The monoisotopic (exact) mass is 453 g/mol. The lowest BCUT2D eigenvalue weighted by Gasteiger charge is -2.13. The van der Waals surface area contributed by atoms with Crippen molar-refractivity contribution >= 4 is 22.7 Å². The van der Waals surface area contributed by atoms with Crippen LogP contribution in [0, 0.1) is 11.7 Å². The van der Waals surface area contributed by atoms with Gasteiger partial charge < -0.3 is 14.1 Å². The lowest BCUT2D eigenvalue weighted by molar-refractivity contribution is 0.466. The Balaban J connectivity index is 1.72. The van der Waals surface area contributed by atoms with Crippen molar-refractivity contribution in [3.8, 4) is 17.1 Å². The highest BCUT2D eigenvalue weighted by molar-refractivity contribution is 7.98. The van der Waals surface area contributed by atoms with Crippen molar-refractivity contribution in [1.82, 2.24) is 14.8 Å². The van der Waals surface area contributed by atoms with Gasteiger partial charge in [0.05, 0.1) is 5.56 Å². The van der Waals surface area contributed by atoms with Crippen LogP contribution < -0.4 is 5.63 Å². The third-order valence-corrected chi connectivity index (χ3v) is 6.16. The first-order valence-corrected chi connectivity index (χ1v) is 11.5. The van der Waals surface area contributed by atoms with Crippen LogP contribution in [0.2, 0.25) is 0 Å². The van der Waals surface area contributed by atoms with Crippen LogP contribution >= 0.6 is 11.8 Å². The number of halogens is 1. The molecule has 166 valence electrons. The number of phenolic OH excluding ortho intramolecular Hbond substituents is 1. The summed E-state index contributed by atoms with van der Waals surface area (Å²) in [6, 6.07) is 11.3. The van der Waals surface area contributed by atoms with Crippen LogP contribution in [0.25, 0.3) is 22.4 Å². The topological polar surface area (TPSA) is 81.2 Å². The second-order valence-corrected chi connectivity index (χ2v) is 8.94. The molecule has 2 aromatic heterocycles. The number of hydrogen-bond acceptors (Lipinski definition) is 6. The molecule has 4 aromatic rings. The molecule has 0 aliphatic rings. The molecule has 0 bridgehead atoms. The molecule has 4 rings (SSSR count). The van der Waals surface area contributed by atoms with E-state index >= 15 is 0 Å². The van der Waals surface area contributed by atoms with E-state index in [2.05, 4.69) is 24.0 Å². The third kappa shape index (κ3) is 4.41. The van der Waals surface area contributed by atoms with E-state index in [0.717, 1.165) is 16.5 Å². The maximum atomic E-state index is 14.4. The molecule has 0 unspecified atom stereocenters. The fourth-order valence-electron chi connectivity index (χ4n) is 3.62. The van der Waals surface area contributed by atoms with Crippen LogP contribution in [0.4, 0.5) is 4.39 Å². The summed E-state index contributed by atoms with van der Waals surface area (Å²) in [5.41, 5.74) is 1.83. The first kappa shape index (κ1) is 22.1. The van der Waals surface area contributed by atoms with Gasteiger partial charge in [0.25, 0.3) is 0 Å². The highest BCUT2D eigenvalue weighted by atomic mass is 32.2. The van der Waals surface area contributed by atoms with Crippen molar-refractivity contribution < 1.29 is 13.9 Å². The van der Waals surface area contributed by atoms with Crippen molar-refractivity contribution in [2.75, 3.05) is 0 Å². The maximum absolute atomic E-state index is 14.4. The smallest absolute Gasteiger partial charge is 0.336 e. The van der Waals surface area contributed by atoms with Crippen molar-refractivity contribution in [3.05, 3.63) is 69.8 Å². The largest absolute Gasteiger partial charge is 0.508 e. The number of hydrogen-bond donors (Lipinski definition) is 1. The maximum Gasteiger partial charge on any atom is 0.336 e. The highest BCUT2D eigenvalue weighted by Crippen LogP contribution is 2.32. The number of fused-ring (bicyclic) bond motifs is 1. The molecule has 0 atom stereocenters. The van der Waals surface area contributed by atoms with Crippen LogP contribution in [0.15, 0.2) is 56.8 Å². The van der Waals surface area contributed by atoms with Crippen molar-refractivity contribution in [2.45, 2.75) is 44.6 Å². The summed E-state index contributed by atoms with van der Waals surface area (Å²) in [6.07, 6.45) is 0.655. The number of nitrogens with zero attached hydrogens (tertiary/aromatic N) is 3. The van der Waals surface area contributed by atoms with E-state index in [1.807, 2.05) is 17.6 Å². The Labute approximate surface area is 189 Å². The molecule has 2 heterocycles. The zero-order chi connectivity index (χ0) is 22.8. The first-order chi connectivity index (χ1) is 15.4. The van der Waals surface area contributed by atoms with Gasteiger partial charge in [-0.25, -0.2) is 9.18 Å². The number of aryl methyl sites for hydroxylation is 1. The number of rotatable bonds is 7. The molecule has 0 spiro atoms. The van der Waals surface area contributed by atoms with Gasteiger partial charge in [-0.2, -0.15) is 0 Å². The summed E-state index contributed by atoms with van der Waals surface area (Å²) in [7, 11) is 0. The molecular weight excluding hydrogens is 429 g/mol. The van der Waals surface area contributed by atoms with Gasteiger partial charge in [-0.3, -0.25) is 0 Å². The lowest BCUT2D eigenvalue weighted by Crippen LogP contribution is -2.08. The zero-order valence-electron chi connectivity index (χ0n) is 18.1. The van der Waals surface area contributed by atoms with Crippen LogP contribution in [0.1, 0.15) is 31.9 Å². The first-order valence-electron chi connectivity index (χ1n) is 10.5. The Morgan fingerprint density at radius 2 is 1.94 bits per heavy atom. The van der Waals surface area contributed by atoms with E-state index in [1.165, 1.54) is 30.0 Å². The molecule has 8 heteroatoms. The quantitative estimate of drug-likeness (QED) is 0.298. The van der Waals surface area contributed by atoms with Gasteiger partial charge >= 0.3 is 5.63 Å². The Morgan fingerprint density at radius 3 is 2.66 bits per heavy atom. The van der Waals surface area contributed by atoms with Gasteiger partial charge in [0, 0.05) is 29.8 Å². The summed E-state index contributed by atoms with van der Waals surface area (Å²) in [6.45, 7) is 6.74. The number of aromatic nitrogens is 3. The average Bonchev–Trinajstić information content (AvgIpc) is 3.13. The minimum atomic E-state index is -0.479. The summed E-state index contributed by atoms with van der Waals surface area (Å²) in [5.74, 6) is 0.994. The second-order valence-electron chi connectivity index (χ2n) is 8.00. The third-order valence-electron chi connectivity index (χ3n) is 5.15. The fourth-order valence-corrected chi connectivity index (χ4v) is 4.56. The molecule has 2 aromatic carbocycles. The molecule has 0 amide bonds. The molecule has 32 heavy (non-hydrogen) atoms. The van der Waals surface area contributed by atoms with Gasteiger partial charge in [0.15, 0.2) is 11.0 Å². The van der Waals surface area contributed by atoms with Crippen molar-refractivity contribution in [2.24, 2.45) is 5.92 Å². The second kappa shape index (κ2) is 9.16. The Morgan fingerprint density at radius 1 is 1.16 bits per heavy atom. The molecule has 0 radical (unpaired) electrons. The molecule has 6 nitrogen and oxygen atoms in total. The van der Waals surface area contributed by atoms with Crippen LogP contribution in [0.3, 0.4) is 0 Å². The van der Waals surface area contributed by atoms with E-state index in [4.69, 9.17) is 4.42 Å². The molecule has 1 N–H and O–H groups in total. The highest BCUT2D eigenvalue weighted by Gasteiger charge is 2.19. The standard InChI is InChI=1S/C24H24FN3O3S/c1-4-15-9-18-16(10-22(30)31-21(18)11-20(15)29)13-32-24-27-26-23(28(24)12-14(2)3)17-7-5-6-8-19(17)25/h5-11,14,29H,4,12-13H2,1-3H3. The molecule has 0 saturated heterocycles. The lowest BCUT2D eigenvalue weighted by atomic mass is 10.1. The van der Waals surface area contributed by atoms with Gasteiger partial charge in [0.2, 0.25) is 0 Å². The molecule has 0 fully saturated rings. The number of phenols is 1. The van der Waals surface area contributed by atoms with Crippen LogP contribution in [-0.2, 0) is 18.7 Å². The number of thioether (sulfide) groups is 1. The molecule has 0 aliphatic carbocycles. The van der Waals surface area contributed by atoms with E-state index < -0.39 is 5.63 Å². The van der Waals surface area contributed by atoms with Crippen LogP contribution in [0.5, 0.6) is 5.75 Å². The van der Waals surface area contributed by atoms with Gasteiger partial charge in [-0.1, -0.05) is 44.7 Å². The van der Waals surface area contributed by atoms with Crippen LogP contribution in [-0.4, -0.2) is 19.9 Å². The molecule has 0 aliphatic heterocycles. The van der Waals surface area contributed by atoms with Crippen molar-refractivity contribution in [1.29, 1.82) is 0 Å². The van der Waals surface area contributed by atoms with E-state index in [9.17, 15) is 14.3 Å². The van der Waals surface area contributed by atoms with Gasteiger partial charge in [0.1, 0.15) is 17.1 Å². The summed E-state index contributed by atoms with van der Waals surface area (Å²) < 4.78 is 21.6. The number of benzene rings is 2. The minimum Gasteiger partial charge on any atom is -0.508 e. The average molecular weight is 454 g/mol. The number of aromatic hydroxyl groups is 1. The van der Waals surface area contributed by atoms with E-state index in [-0.39, 0.29) is 11.6 Å².